The maximum atomic E-state index is 12.5. The summed E-state index contributed by atoms with van der Waals surface area (Å²) in [6.07, 6.45) is 1.87. The van der Waals surface area contributed by atoms with E-state index in [0.717, 1.165) is 51.5 Å². The summed E-state index contributed by atoms with van der Waals surface area (Å²) in [6.45, 7) is 7.09. The van der Waals surface area contributed by atoms with Gasteiger partial charge < -0.3 is 26.0 Å². The SMILES string of the molecule is O=C(CC[C@@H]1CNC(=O)[C@@H]2C[C@H](NC(=S)NCCN3CCOCC3)CN12)NCc1ccccc1. The fraction of sp³-hybridized carbons (Fsp3) is 0.625. The Morgan fingerprint density at radius 2 is 1.97 bits per heavy atom. The maximum Gasteiger partial charge on any atom is 0.237 e. The van der Waals surface area contributed by atoms with Gasteiger partial charge in [-0.1, -0.05) is 30.3 Å². The number of carbonyl (C=O) groups excluding carboxylic acids is 2. The van der Waals surface area contributed by atoms with Crippen LogP contribution in [0.1, 0.15) is 24.8 Å². The second-order valence-corrected chi connectivity index (χ2v) is 9.61. The second-order valence-electron chi connectivity index (χ2n) is 9.20. The number of hydrogen-bond acceptors (Lipinski definition) is 6. The zero-order valence-corrected chi connectivity index (χ0v) is 20.4. The number of nitrogens with zero attached hydrogens (tertiary/aromatic N) is 2. The third-order valence-electron chi connectivity index (χ3n) is 6.81. The molecule has 3 atom stereocenters. The molecule has 0 saturated carbocycles. The molecule has 0 aromatic heterocycles. The first-order valence-electron chi connectivity index (χ1n) is 12.3. The zero-order chi connectivity index (χ0) is 23.8. The molecule has 186 valence electrons. The Labute approximate surface area is 206 Å². The number of morpholine rings is 1. The van der Waals surface area contributed by atoms with Crippen molar-refractivity contribution in [3.8, 4) is 0 Å². The number of amides is 2. The Morgan fingerprint density at radius 3 is 2.76 bits per heavy atom. The number of rotatable bonds is 9. The summed E-state index contributed by atoms with van der Waals surface area (Å²) < 4.78 is 5.38. The molecule has 9 nitrogen and oxygen atoms in total. The molecule has 0 unspecified atom stereocenters. The standard InChI is InChI=1S/C24H36N6O3S/c31-22(26-15-18-4-2-1-3-5-18)7-6-20-16-27-23(32)21-14-19(17-30(20)21)28-24(34)25-8-9-29-10-12-33-13-11-29/h1-5,19-21H,6-17H2,(H,26,31)(H,27,32)(H2,25,28,34)/t19-,20+,21-/m0/s1. The largest absolute Gasteiger partial charge is 0.379 e. The number of fused-ring (bicyclic) bond motifs is 1. The Bertz CT molecular complexity index is 835. The minimum Gasteiger partial charge on any atom is -0.379 e. The molecule has 1 aromatic rings. The Morgan fingerprint density at radius 1 is 1.18 bits per heavy atom. The lowest BCUT2D eigenvalue weighted by Gasteiger charge is -2.37. The molecule has 4 rings (SSSR count). The number of piperazine rings is 1. The molecule has 10 heteroatoms. The molecule has 0 spiro atoms. The van der Waals surface area contributed by atoms with E-state index in [-0.39, 0.29) is 29.9 Å². The number of ether oxygens (including phenoxy) is 1. The molecule has 0 aliphatic carbocycles. The molecule has 3 heterocycles. The van der Waals surface area contributed by atoms with Crippen LogP contribution >= 0.6 is 12.2 Å². The quantitative estimate of drug-likeness (QED) is 0.356. The van der Waals surface area contributed by atoms with Crippen LogP contribution in [0, 0.1) is 0 Å². The van der Waals surface area contributed by atoms with E-state index >= 15 is 0 Å². The van der Waals surface area contributed by atoms with E-state index < -0.39 is 0 Å². The van der Waals surface area contributed by atoms with Crippen molar-refractivity contribution in [2.45, 2.75) is 43.9 Å². The van der Waals surface area contributed by atoms with Gasteiger partial charge in [0.15, 0.2) is 5.11 Å². The Hall–Kier alpha value is -2.27. The maximum absolute atomic E-state index is 12.5. The van der Waals surface area contributed by atoms with Crippen LogP contribution in [0.15, 0.2) is 30.3 Å². The fourth-order valence-electron chi connectivity index (χ4n) is 4.92. The first-order valence-corrected chi connectivity index (χ1v) is 12.7. The molecule has 0 bridgehead atoms. The summed E-state index contributed by atoms with van der Waals surface area (Å²) in [7, 11) is 0. The van der Waals surface area contributed by atoms with E-state index in [1.54, 1.807) is 0 Å². The van der Waals surface area contributed by atoms with Gasteiger partial charge in [0.1, 0.15) is 0 Å². The van der Waals surface area contributed by atoms with Crippen LogP contribution in [0.3, 0.4) is 0 Å². The molecule has 3 fully saturated rings. The van der Waals surface area contributed by atoms with Gasteiger partial charge in [-0.25, -0.2) is 0 Å². The average Bonchev–Trinajstić information content (AvgIpc) is 3.28. The normalized spacial score (nSPS) is 25.3. The lowest BCUT2D eigenvalue weighted by molar-refractivity contribution is -0.129. The third kappa shape index (κ3) is 7.11. The van der Waals surface area contributed by atoms with E-state index in [1.165, 1.54) is 0 Å². The van der Waals surface area contributed by atoms with Crippen molar-refractivity contribution in [2.75, 3.05) is 52.5 Å². The van der Waals surface area contributed by atoms with E-state index in [0.29, 0.717) is 37.5 Å². The molecule has 1 aromatic carbocycles. The lowest BCUT2D eigenvalue weighted by atomic mass is 10.0. The molecule has 3 aliphatic rings. The third-order valence-corrected chi connectivity index (χ3v) is 7.07. The summed E-state index contributed by atoms with van der Waals surface area (Å²) in [5, 5.41) is 13.3. The highest BCUT2D eigenvalue weighted by molar-refractivity contribution is 7.80. The molecular formula is C24H36N6O3S. The Balaban J connectivity index is 1.18. The summed E-state index contributed by atoms with van der Waals surface area (Å²) in [5.41, 5.74) is 1.09. The van der Waals surface area contributed by atoms with Crippen LogP contribution in [-0.2, 0) is 20.9 Å². The van der Waals surface area contributed by atoms with Crippen LogP contribution < -0.4 is 21.3 Å². The van der Waals surface area contributed by atoms with Crippen LogP contribution in [-0.4, -0.2) is 97.3 Å². The average molecular weight is 489 g/mol. The van der Waals surface area contributed by atoms with Crippen molar-refractivity contribution >= 4 is 29.1 Å². The van der Waals surface area contributed by atoms with E-state index in [4.69, 9.17) is 17.0 Å². The summed E-state index contributed by atoms with van der Waals surface area (Å²) >= 11 is 5.50. The molecule has 2 amide bonds. The topological polar surface area (TPSA) is 98.0 Å². The number of thiocarbonyl (C=S) groups is 1. The van der Waals surface area contributed by atoms with Gasteiger partial charge >= 0.3 is 0 Å². The van der Waals surface area contributed by atoms with Crippen LogP contribution in [0.4, 0.5) is 0 Å². The van der Waals surface area contributed by atoms with Crippen molar-refractivity contribution < 1.29 is 14.3 Å². The molecule has 0 radical (unpaired) electrons. The first kappa shape index (κ1) is 24.8. The van der Waals surface area contributed by atoms with Gasteiger partial charge in [-0.3, -0.25) is 19.4 Å². The van der Waals surface area contributed by atoms with Gasteiger partial charge in [0.2, 0.25) is 11.8 Å². The molecular weight excluding hydrogens is 452 g/mol. The number of nitrogens with one attached hydrogen (secondary N) is 4. The van der Waals surface area contributed by atoms with E-state index in [1.807, 2.05) is 30.3 Å². The van der Waals surface area contributed by atoms with Crippen molar-refractivity contribution in [3.63, 3.8) is 0 Å². The van der Waals surface area contributed by atoms with E-state index in [9.17, 15) is 9.59 Å². The first-order chi connectivity index (χ1) is 16.6. The zero-order valence-electron chi connectivity index (χ0n) is 19.6. The van der Waals surface area contributed by atoms with Crippen LogP contribution in [0.2, 0.25) is 0 Å². The van der Waals surface area contributed by atoms with E-state index in [2.05, 4.69) is 31.1 Å². The number of hydrogen-bond donors (Lipinski definition) is 4. The van der Waals surface area contributed by atoms with Crippen molar-refractivity contribution in [3.05, 3.63) is 35.9 Å². The predicted molar refractivity (Wildman–Crippen MR) is 134 cm³/mol. The highest BCUT2D eigenvalue weighted by Gasteiger charge is 2.43. The summed E-state index contributed by atoms with van der Waals surface area (Å²) in [5.74, 6) is 0.108. The minimum atomic E-state index is -0.167. The fourth-order valence-corrected chi connectivity index (χ4v) is 5.19. The van der Waals surface area contributed by atoms with Gasteiger partial charge in [0, 0.05) is 64.3 Å². The van der Waals surface area contributed by atoms with Crippen molar-refractivity contribution in [2.24, 2.45) is 0 Å². The highest BCUT2D eigenvalue weighted by atomic mass is 32.1. The van der Waals surface area contributed by atoms with Crippen LogP contribution in [0.25, 0.3) is 0 Å². The predicted octanol–water partition coefficient (Wildman–Crippen LogP) is -0.179. The molecule has 3 aliphatic heterocycles. The van der Waals surface area contributed by atoms with Crippen LogP contribution in [0.5, 0.6) is 0 Å². The van der Waals surface area contributed by atoms with Crippen molar-refractivity contribution in [1.82, 2.24) is 31.1 Å². The molecule has 34 heavy (non-hydrogen) atoms. The summed E-state index contributed by atoms with van der Waals surface area (Å²) in [4.78, 5) is 29.5. The second kappa shape index (κ2) is 12.4. The molecule has 4 N–H and O–H groups in total. The molecule has 3 saturated heterocycles. The van der Waals surface area contributed by atoms with Gasteiger partial charge in [-0.05, 0) is 30.6 Å². The lowest BCUT2D eigenvalue weighted by Crippen LogP contribution is -2.58. The summed E-state index contributed by atoms with van der Waals surface area (Å²) in [6, 6.07) is 10.0. The number of benzene rings is 1. The smallest absolute Gasteiger partial charge is 0.237 e. The van der Waals surface area contributed by atoms with Gasteiger partial charge in [-0.2, -0.15) is 0 Å². The van der Waals surface area contributed by atoms with Gasteiger partial charge in [0.25, 0.3) is 0 Å². The minimum absolute atomic E-state index is 0.0387. The van der Waals surface area contributed by atoms with Crippen molar-refractivity contribution in [1.29, 1.82) is 0 Å². The number of carbonyl (C=O) groups is 2. The monoisotopic (exact) mass is 488 g/mol. The highest BCUT2D eigenvalue weighted by Crippen LogP contribution is 2.25. The van der Waals surface area contributed by atoms with Gasteiger partial charge in [0.05, 0.1) is 19.3 Å². The van der Waals surface area contributed by atoms with Gasteiger partial charge in [-0.15, -0.1) is 0 Å². The Kier molecular flexibility index (Phi) is 9.09.